The Morgan fingerprint density at radius 1 is 0.286 bits per heavy atom. The van der Waals surface area contributed by atoms with Crippen molar-refractivity contribution < 1.29 is 28.7 Å². The number of carbonyl (C=O) groups excluding carboxylic acids is 4. The van der Waals surface area contributed by atoms with Gasteiger partial charge in [-0.2, -0.15) is 0 Å². The molecule has 0 saturated carbocycles. The molecule has 0 amide bonds. The molecule has 0 aliphatic heterocycles. The first-order chi connectivity index (χ1) is 41.2. The Balaban J connectivity index is 6.00. The van der Waals surface area contributed by atoms with Crippen molar-refractivity contribution in [1.82, 2.24) is 4.90 Å². The van der Waals surface area contributed by atoms with Crippen molar-refractivity contribution in [2.45, 2.75) is 393 Å². The number of Topliss-reactive ketones (excluding diaryl/α,β-unsaturated/α-hetero) is 2. The number of carbonyl (C=O) groups is 4. The van der Waals surface area contributed by atoms with Crippen molar-refractivity contribution in [1.29, 1.82) is 0 Å². The lowest BCUT2D eigenvalue weighted by Gasteiger charge is -2.39. The van der Waals surface area contributed by atoms with Gasteiger partial charge in [0.05, 0.1) is 6.54 Å². The number of unbranched alkanes of at least 4 members (excludes halogenated alkanes) is 44. The van der Waals surface area contributed by atoms with Crippen molar-refractivity contribution in [2.75, 3.05) is 20.6 Å². The molecule has 0 radical (unpaired) electrons. The van der Waals surface area contributed by atoms with Crippen LogP contribution in [0.3, 0.4) is 0 Å². The van der Waals surface area contributed by atoms with Crippen LogP contribution in [0.1, 0.15) is 387 Å². The van der Waals surface area contributed by atoms with E-state index >= 15 is 0 Å². The monoisotopic (exact) mass is 1180 g/mol. The van der Waals surface area contributed by atoms with Gasteiger partial charge in [0, 0.05) is 25.7 Å². The number of ether oxygens (including phenoxy) is 2. The Kier molecular flexibility index (Phi) is 62.5. The summed E-state index contributed by atoms with van der Waals surface area (Å²) < 4.78 is 12.9. The molecule has 0 spiro atoms. The molecule has 0 bridgehead atoms. The Morgan fingerprint density at radius 2 is 0.476 bits per heavy atom. The van der Waals surface area contributed by atoms with E-state index in [1.807, 2.05) is 19.0 Å². The minimum Gasteiger partial charge on any atom is -0.420 e. The maximum Gasteiger partial charge on any atom is 0.309 e. The lowest BCUT2D eigenvalue weighted by atomic mass is 9.84. The molecular formula is C77H141NO6. The lowest BCUT2D eigenvalue weighted by molar-refractivity contribution is -0.247. The van der Waals surface area contributed by atoms with Crippen molar-refractivity contribution in [3.63, 3.8) is 0 Å². The quantitative estimate of drug-likeness (QED) is 0.0197. The zero-order valence-corrected chi connectivity index (χ0v) is 56.9. The molecule has 84 heavy (non-hydrogen) atoms. The van der Waals surface area contributed by atoms with Crippen LogP contribution in [0.2, 0.25) is 0 Å². The molecule has 0 aromatic heterocycles. The summed E-state index contributed by atoms with van der Waals surface area (Å²) in [5, 5.41) is 0. The number of esters is 2. The molecule has 0 N–H and O–H groups in total. The molecule has 0 aliphatic carbocycles. The van der Waals surface area contributed by atoms with Crippen molar-refractivity contribution in [3.05, 3.63) is 48.6 Å². The van der Waals surface area contributed by atoms with Crippen LogP contribution in [0.4, 0.5) is 0 Å². The van der Waals surface area contributed by atoms with Gasteiger partial charge in [-0.3, -0.25) is 19.2 Å². The van der Waals surface area contributed by atoms with Gasteiger partial charge in [-0.05, 0) is 143 Å². The molecule has 7 heteroatoms. The van der Waals surface area contributed by atoms with E-state index in [-0.39, 0.29) is 43.8 Å². The highest BCUT2D eigenvalue weighted by atomic mass is 16.7. The maximum absolute atomic E-state index is 14.8. The smallest absolute Gasteiger partial charge is 0.309 e. The van der Waals surface area contributed by atoms with E-state index in [4.69, 9.17) is 9.47 Å². The average molecular weight is 1180 g/mol. The molecule has 0 rings (SSSR count). The van der Waals surface area contributed by atoms with E-state index in [0.29, 0.717) is 25.7 Å². The van der Waals surface area contributed by atoms with Crippen LogP contribution in [-0.2, 0) is 28.7 Å². The number of ketones is 2. The van der Waals surface area contributed by atoms with Crippen molar-refractivity contribution >= 4 is 23.5 Å². The Bertz CT molecular complexity index is 1470. The van der Waals surface area contributed by atoms with E-state index in [1.54, 1.807) is 0 Å². The molecule has 0 aromatic rings. The van der Waals surface area contributed by atoms with Crippen LogP contribution in [0, 0.1) is 5.92 Å². The van der Waals surface area contributed by atoms with Gasteiger partial charge in [0.2, 0.25) is 0 Å². The highest BCUT2D eigenvalue weighted by molar-refractivity contribution is 6.04. The largest absolute Gasteiger partial charge is 0.420 e. The van der Waals surface area contributed by atoms with E-state index in [1.165, 1.54) is 180 Å². The summed E-state index contributed by atoms with van der Waals surface area (Å²) >= 11 is 0. The highest BCUT2D eigenvalue weighted by Crippen LogP contribution is 2.33. The van der Waals surface area contributed by atoms with E-state index in [2.05, 4.69) is 76.3 Å². The molecular weight excluding hydrogens is 1030 g/mol. The first-order valence-electron chi connectivity index (χ1n) is 36.9. The maximum atomic E-state index is 14.8. The summed E-state index contributed by atoms with van der Waals surface area (Å²) in [7, 11) is 3.67. The highest BCUT2D eigenvalue weighted by Gasteiger charge is 2.53. The van der Waals surface area contributed by atoms with Crippen molar-refractivity contribution in [2.24, 2.45) is 5.92 Å². The number of likely N-dealkylation sites (N-methyl/N-ethyl adjacent to an activating group) is 1. The topological polar surface area (TPSA) is 90.0 Å². The number of nitrogens with zero attached hydrogens (tertiary/aromatic N) is 1. The van der Waals surface area contributed by atoms with Gasteiger partial charge < -0.3 is 14.4 Å². The van der Waals surface area contributed by atoms with Crippen LogP contribution in [-0.4, -0.2) is 54.8 Å². The SMILES string of the molecule is CCCCCCCC/C=C\CCCCCCCC(=O)OC(CN(C)C)(OC(=O)CCCCCCC/C=C\CCCCCCCC)C(C(=O)CCCCCCC/C=C\CCCCCCCC)C(=O)CCCCCCC/C=C\CCCCCCCC. The molecule has 0 aromatic carbocycles. The Labute approximate surface area is 522 Å². The first kappa shape index (κ1) is 81.2. The number of hydrogen-bond acceptors (Lipinski definition) is 7. The minimum atomic E-state index is -2.03. The Hall–Kier alpha value is -2.80. The van der Waals surface area contributed by atoms with Gasteiger partial charge in [0.15, 0.2) is 17.5 Å². The van der Waals surface area contributed by atoms with E-state index in [9.17, 15) is 19.2 Å². The molecule has 0 fully saturated rings. The van der Waals surface area contributed by atoms with E-state index < -0.39 is 23.6 Å². The third-order valence-electron chi connectivity index (χ3n) is 16.8. The van der Waals surface area contributed by atoms with Crippen LogP contribution < -0.4 is 0 Å². The zero-order chi connectivity index (χ0) is 61.3. The van der Waals surface area contributed by atoms with Gasteiger partial charge >= 0.3 is 11.9 Å². The summed E-state index contributed by atoms with van der Waals surface area (Å²) in [4.78, 5) is 59.8. The summed E-state index contributed by atoms with van der Waals surface area (Å²) in [6.07, 6.45) is 79.4. The van der Waals surface area contributed by atoms with Gasteiger partial charge in [-0.25, -0.2) is 0 Å². The molecule has 0 atom stereocenters. The normalized spacial score (nSPS) is 12.2. The standard InChI is InChI=1S/C77H141NO6/c1-7-11-15-19-23-27-31-35-39-43-47-51-55-59-63-67-72(79)76(73(80)68-64-60-56-52-48-44-40-36-32-28-24-20-16-12-8-2)77(71-78(5)6,83-74(81)69-65-61-57-53-49-45-41-37-33-29-25-21-17-13-9-3)84-75(82)70-66-62-58-54-50-46-42-38-34-30-26-22-18-14-10-4/h35-42,76H,7-34,43-71H2,1-6H3/b39-35-,40-36-,41-37-,42-38-. The molecule has 0 saturated heterocycles. The number of hydrogen-bond donors (Lipinski definition) is 0. The minimum absolute atomic E-state index is 0.0515. The number of rotatable bonds is 67. The van der Waals surface area contributed by atoms with Crippen LogP contribution >= 0.6 is 0 Å². The summed E-state index contributed by atoms with van der Waals surface area (Å²) in [5.74, 6) is -4.94. The van der Waals surface area contributed by atoms with Crippen molar-refractivity contribution in [3.8, 4) is 0 Å². The summed E-state index contributed by atoms with van der Waals surface area (Å²) in [5.41, 5.74) is 0. The van der Waals surface area contributed by atoms with Gasteiger partial charge in [-0.1, -0.05) is 282 Å². The molecule has 490 valence electrons. The van der Waals surface area contributed by atoms with Crippen LogP contribution in [0.25, 0.3) is 0 Å². The van der Waals surface area contributed by atoms with Gasteiger partial charge in [-0.15, -0.1) is 0 Å². The third-order valence-corrected chi connectivity index (χ3v) is 16.8. The molecule has 0 aliphatic rings. The fourth-order valence-electron chi connectivity index (χ4n) is 11.6. The second kappa shape index (κ2) is 64.7. The molecule has 0 heterocycles. The second-order valence-electron chi connectivity index (χ2n) is 25.7. The van der Waals surface area contributed by atoms with Gasteiger partial charge in [0.1, 0.15) is 0 Å². The van der Waals surface area contributed by atoms with Crippen LogP contribution in [0.15, 0.2) is 48.6 Å². The third kappa shape index (κ3) is 54.6. The van der Waals surface area contributed by atoms with Gasteiger partial charge in [0.25, 0.3) is 5.79 Å². The second-order valence-corrected chi connectivity index (χ2v) is 25.7. The molecule has 0 unspecified atom stereocenters. The fraction of sp³-hybridized carbons (Fsp3) is 0.844. The first-order valence-corrected chi connectivity index (χ1v) is 36.9. The zero-order valence-electron chi connectivity index (χ0n) is 56.9. The Morgan fingerprint density at radius 3 is 0.690 bits per heavy atom. The predicted molar refractivity (Wildman–Crippen MR) is 365 cm³/mol. The van der Waals surface area contributed by atoms with E-state index in [0.717, 1.165) is 128 Å². The van der Waals surface area contributed by atoms with Crippen LogP contribution in [0.5, 0.6) is 0 Å². The summed E-state index contributed by atoms with van der Waals surface area (Å²) in [6, 6.07) is 0. The predicted octanol–water partition coefficient (Wildman–Crippen LogP) is 24.2. The summed E-state index contributed by atoms with van der Waals surface area (Å²) in [6.45, 7) is 9.01. The average Bonchev–Trinajstić information content (AvgIpc) is 1.98. The lowest BCUT2D eigenvalue weighted by Crippen LogP contribution is -2.58. The number of allylic oxidation sites excluding steroid dienone is 8. The fourth-order valence-corrected chi connectivity index (χ4v) is 11.6. The molecule has 7 nitrogen and oxygen atoms in total.